The van der Waals surface area contributed by atoms with Gasteiger partial charge in [0.05, 0.1) is 5.92 Å². The molecule has 23 heavy (non-hydrogen) atoms. The number of carbonyl (C=O) groups excluding carboxylic acids is 3. The molecular weight excluding hydrogens is 292 g/mol. The van der Waals surface area contributed by atoms with Gasteiger partial charge in [-0.25, -0.2) is 0 Å². The molecule has 4 heteroatoms. The Labute approximate surface area is 137 Å². The van der Waals surface area contributed by atoms with Crippen molar-refractivity contribution in [3.05, 3.63) is 22.7 Å². The Morgan fingerprint density at radius 3 is 1.61 bits per heavy atom. The lowest BCUT2D eigenvalue weighted by atomic mass is 9.66. The third-order valence-corrected chi connectivity index (χ3v) is 4.99. The molecule has 3 rings (SSSR count). The van der Waals surface area contributed by atoms with Crippen molar-refractivity contribution in [2.75, 3.05) is 0 Å². The average molecular weight is 316 g/mol. The van der Waals surface area contributed by atoms with Crippen molar-refractivity contribution in [2.24, 2.45) is 16.7 Å². The van der Waals surface area contributed by atoms with Crippen LogP contribution in [0.1, 0.15) is 60.3 Å². The highest BCUT2D eigenvalue weighted by atomic mass is 16.5. The SMILES string of the molecule is CC(=O)C1C2=C(CC(C)(C)CC2=O)OC2=C1C(=O)CC(C)(C)C2. The molecule has 0 bridgehead atoms. The summed E-state index contributed by atoms with van der Waals surface area (Å²) in [6.45, 7) is 9.58. The summed E-state index contributed by atoms with van der Waals surface area (Å²) < 4.78 is 6.05. The van der Waals surface area contributed by atoms with Crippen molar-refractivity contribution in [2.45, 2.75) is 60.3 Å². The zero-order valence-electron chi connectivity index (χ0n) is 14.5. The fourth-order valence-electron chi connectivity index (χ4n) is 4.08. The molecule has 0 aromatic heterocycles. The molecule has 0 spiro atoms. The Hall–Kier alpha value is -1.71. The van der Waals surface area contributed by atoms with Crippen LogP contribution in [0.25, 0.3) is 0 Å². The summed E-state index contributed by atoms with van der Waals surface area (Å²) in [5.41, 5.74) is 0.514. The molecule has 0 amide bonds. The minimum Gasteiger partial charge on any atom is -0.465 e. The molecule has 0 unspecified atom stereocenters. The van der Waals surface area contributed by atoms with E-state index in [0.717, 1.165) is 0 Å². The third-order valence-electron chi connectivity index (χ3n) is 4.99. The van der Waals surface area contributed by atoms with Crippen LogP contribution in [-0.4, -0.2) is 17.3 Å². The van der Waals surface area contributed by atoms with E-state index in [9.17, 15) is 14.4 Å². The van der Waals surface area contributed by atoms with Gasteiger partial charge in [-0.2, -0.15) is 0 Å². The van der Waals surface area contributed by atoms with Gasteiger partial charge in [0, 0.05) is 36.8 Å². The van der Waals surface area contributed by atoms with Gasteiger partial charge in [-0.15, -0.1) is 0 Å². The number of allylic oxidation sites excluding steroid dienone is 4. The van der Waals surface area contributed by atoms with Crippen molar-refractivity contribution < 1.29 is 19.1 Å². The number of ether oxygens (including phenoxy) is 1. The second-order valence-electron chi connectivity index (χ2n) is 8.70. The summed E-state index contributed by atoms with van der Waals surface area (Å²) in [6.07, 6.45) is 2.04. The maximum absolute atomic E-state index is 12.6. The second-order valence-corrected chi connectivity index (χ2v) is 8.70. The highest BCUT2D eigenvalue weighted by Gasteiger charge is 2.48. The number of rotatable bonds is 1. The van der Waals surface area contributed by atoms with Crippen molar-refractivity contribution >= 4 is 17.3 Å². The van der Waals surface area contributed by atoms with E-state index in [0.29, 0.717) is 48.3 Å². The Kier molecular flexibility index (Phi) is 3.44. The standard InChI is InChI=1S/C19H24O4/c1-10(20)15-16-11(21)6-18(2,3)8-13(16)23-14-9-19(4,5)7-12(22)17(14)15/h15H,6-9H2,1-5H3. The van der Waals surface area contributed by atoms with Gasteiger partial charge < -0.3 is 4.74 Å². The first kappa shape index (κ1) is 16.2. The fraction of sp³-hybridized carbons (Fsp3) is 0.632. The Balaban J connectivity index is 2.13. The topological polar surface area (TPSA) is 60.4 Å². The van der Waals surface area contributed by atoms with Crippen LogP contribution in [0.15, 0.2) is 22.7 Å². The maximum atomic E-state index is 12.6. The summed E-state index contributed by atoms with van der Waals surface area (Å²) in [4.78, 5) is 37.6. The van der Waals surface area contributed by atoms with Gasteiger partial charge in [-0.05, 0) is 17.8 Å². The number of ketones is 3. The Morgan fingerprint density at radius 1 is 0.870 bits per heavy atom. The molecule has 3 aliphatic rings. The largest absolute Gasteiger partial charge is 0.465 e. The van der Waals surface area contributed by atoms with Gasteiger partial charge in [-0.1, -0.05) is 27.7 Å². The quantitative estimate of drug-likeness (QED) is 0.743. The lowest BCUT2D eigenvalue weighted by Gasteiger charge is -2.41. The van der Waals surface area contributed by atoms with Crippen LogP contribution in [0, 0.1) is 16.7 Å². The van der Waals surface area contributed by atoms with Crippen molar-refractivity contribution in [1.82, 2.24) is 0 Å². The van der Waals surface area contributed by atoms with E-state index in [1.165, 1.54) is 6.92 Å². The third kappa shape index (κ3) is 2.68. The zero-order valence-corrected chi connectivity index (χ0v) is 14.5. The van der Waals surface area contributed by atoms with Crippen LogP contribution < -0.4 is 0 Å². The van der Waals surface area contributed by atoms with E-state index in [-0.39, 0.29) is 28.2 Å². The lowest BCUT2D eigenvalue weighted by molar-refractivity contribution is -0.127. The van der Waals surface area contributed by atoms with E-state index in [4.69, 9.17) is 4.74 Å². The normalized spacial score (nSPS) is 26.7. The molecule has 0 aromatic carbocycles. The minimum atomic E-state index is -0.721. The van der Waals surface area contributed by atoms with Crippen LogP contribution in [0.2, 0.25) is 0 Å². The van der Waals surface area contributed by atoms with Crippen molar-refractivity contribution in [3.8, 4) is 0 Å². The molecule has 1 heterocycles. The van der Waals surface area contributed by atoms with E-state index in [2.05, 4.69) is 0 Å². The zero-order chi connectivity index (χ0) is 17.2. The molecule has 0 aromatic rings. The average Bonchev–Trinajstić information content (AvgIpc) is 2.32. The van der Waals surface area contributed by atoms with Gasteiger partial charge in [0.15, 0.2) is 11.6 Å². The number of hydrogen-bond donors (Lipinski definition) is 0. The smallest absolute Gasteiger partial charge is 0.163 e. The summed E-state index contributed by atoms with van der Waals surface area (Å²) in [6, 6.07) is 0. The number of hydrogen-bond acceptors (Lipinski definition) is 4. The highest BCUT2D eigenvalue weighted by molar-refractivity contribution is 6.11. The molecule has 0 radical (unpaired) electrons. The molecule has 0 saturated carbocycles. The molecule has 1 aliphatic heterocycles. The first-order valence-electron chi connectivity index (χ1n) is 8.22. The van der Waals surface area contributed by atoms with E-state index < -0.39 is 5.92 Å². The molecule has 4 nitrogen and oxygen atoms in total. The number of carbonyl (C=O) groups is 3. The molecule has 0 fully saturated rings. The summed E-state index contributed by atoms with van der Waals surface area (Å²) >= 11 is 0. The second kappa shape index (κ2) is 4.89. The summed E-state index contributed by atoms with van der Waals surface area (Å²) in [5, 5.41) is 0. The summed E-state index contributed by atoms with van der Waals surface area (Å²) in [5.74, 6) is 0.239. The van der Waals surface area contributed by atoms with Crippen LogP contribution in [0.3, 0.4) is 0 Å². The first-order chi connectivity index (χ1) is 10.5. The molecule has 0 saturated heterocycles. The van der Waals surface area contributed by atoms with Crippen molar-refractivity contribution in [1.29, 1.82) is 0 Å². The van der Waals surface area contributed by atoms with E-state index >= 15 is 0 Å². The highest BCUT2D eigenvalue weighted by Crippen LogP contribution is 2.50. The molecule has 0 N–H and O–H groups in total. The van der Waals surface area contributed by atoms with Crippen LogP contribution >= 0.6 is 0 Å². The molecule has 2 aliphatic carbocycles. The van der Waals surface area contributed by atoms with Gasteiger partial charge >= 0.3 is 0 Å². The summed E-state index contributed by atoms with van der Waals surface area (Å²) in [7, 11) is 0. The van der Waals surface area contributed by atoms with Gasteiger partial charge in [0.2, 0.25) is 0 Å². The Morgan fingerprint density at radius 2 is 1.26 bits per heavy atom. The fourth-order valence-corrected chi connectivity index (χ4v) is 4.08. The van der Waals surface area contributed by atoms with E-state index in [1.807, 2.05) is 27.7 Å². The van der Waals surface area contributed by atoms with E-state index in [1.54, 1.807) is 0 Å². The predicted octanol–water partition coefficient (Wildman–Crippen LogP) is 3.51. The first-order valence-corrected chi connectivity index (χ1v) is 8.22. The van der Waals surface area contributed by atoms with Crippen molar-refractivity contribution in [3.63, 3.8) is 0 Å². The van der Waals surface area contributed by atoms with Gasteiger partial charge in [0.25, 0.3) is 0 Å². The minimum absolute atomic E-state index is 0.0550. The number of Topliss-reactive ketones (excluding diaryl/α,β-unsaturated/α-hetero) is 3. The lowest BCUT2D eigenvalue weighted by Crippen LogP contribution is -2.40. The maximum Gasteiger partial charge on any atom is 0.163 e. The van der Waals surface area contributed by atoms with Crippen LogP contribution in [0.4, 0.5) is 0 Å². The van der Waals surface area contributed by atoms with Crippen LogP contribution in [-0.2, 0) is 19.1 Å². The van der Waals surface area contributed by atoms with Crippen LogP contribution in [0.5, 0.6) is 0 Å². The molecular formula is C19H24O4. The predicted molar refractivity (Wildman–Crippen MR) is 85.4 cm³/mol. The van der Waals surface area contributed by atoms with Gasteiger partial charge in [0.1, 0.15) is 17.3 Å². The Bertz CT molecular complexity index is 636. The monoisotopic (exact) mass is 316 g/mol. The molecule has 0 atom stereocenters. The molecule has 124 valence electrons. The van der Waals surface area contributed by atoms with Gasteiger partial charge in [-0.3, -0.25) is 14.4 Å².